The van der Waals surface area contributed by atoms with Crippen molar-refractivity contribution in [3.05, 3.63) is 34.9 Å². The van der Waals surface area contributed by atoms with E-state index in [4.69, 9.17) is 5.73 Å². The Labute approximate surface area is 91.0 Å². The molecule has 3 nitrogen and oxygen atoms in total. The summed E-state index contributed by atoms with van der Waals surface area (Å²) in [7, 11) is -0.371. The molecule has 0 saturated heterocycles. The molecule has 0 radical (unpaired) electrons. The second kappa shape index (κ2) is 4.35. The van der Waals surface area contributed by atoms with E-state index in [2.05, 4.69) is 23.0 Å². The molecule has 1 aromatic carbocycles. The normalized spacial score (nSPS) is 16.2. The Morgan fingerprint density at radius 2 is 2.33 bits per heavy atom. The molecule has 0 aromatic heterocycles. The van der Waals surface area contributed by atoms with Crippen molar-refractivity contribution in [1.82, 2.24) is 4.81 Å². The SMILES string of the molecule is CB(O)N1CCc2cccc(CN)c2C1. The van der Waals surface area contributed by atoms with Gasteiger partial charge in [-0.2, -0.15) is 0 Å². The molecule has 0 unspecified atom stereocenters. The average Bonchev–Trinajstić information content (AvgIpc) is 2.27. The van der Waals surface area contributed by atoms with Gasteiger partial charge in [0.1, 0.15) is 0 Å². The fourth-order valence-corrected chi connectivity index (χ4v) is 2.18. The lowest BCUT2D eigenvalue weighted by molar-refractivity contribution is 0.346. The molecule has 80 valence electrons. The van der Waals surface area contributed by atoms with E-state index in [0.717, 1.165) is 19.5 Å². The van der Waals surface area contributed by atoms with Crippen LogP contribution in [0.3, 0.4) is 0 Å². The average molecular weight is 204 g/mol. The molecule has 3 N–H and O–H groups in total. The lowest BCUT2D eigenvalue weighted by atomic mass is 9.81. The van der Waals surface area contributed by atoms with Gasteiger partial charge in [0.05, 0.1) is 0 Å². The number of nitrogens with two attached hydrogens (primary N) is 1. The van der Waals surface area contributed by atoms with Gasteiger partial charge in [0, 0.05) is 13.1 Å². The lowest BCUT2D eigenvalue weighted by Gasteiger charge is -2.30. The fourth-order valence-electron chi connectivity index (χ4n) is 2.18. The maximum atomic E-state index is 9.56. The number of fused-ring (bicyclic) bond motifs is 1. The molecule has 1 heterocycles. The predicted molar refractivity (Wildman–Crippen MR) is 62.3 cm³/mol. The van der Waals surface area contributed by atoms with Gasteiger partial charge in [-0.1, -0.05) is 18.2 Å². The number of benzene rings is 1. The van der Waals surface area contributed by atoms with E-state index in [0.29, 0.717) is 6.54 Å². The Bertz CT molecular complexity index is 340. The third-order valence-corrected chi connectivity index (χ3v) is 3.15. The summed E-state index contributed by atoms with van der Waals surface area (Å²) in [6, 6.07) is 6.30. The van der Waals surface area contributed by atoms with Gasteiger partial charge >= 0.3 is 7.05 Å². The number of hydrogen-bond donors (Lipinski definition) is 2. The third kappa shape index (κ3) is 2.07. The van der Waals surface area contributed by atoms with Gasteiger partial charge in [-0.3, -0.25) is 0 Å². The fraction of sp³-hybridized carbons (Fsp3) is 0.455. The molecule has 1 aromatic rings. The van der Waals surface area contributed by atoms with Gasteiger partial charge in [0.2, 0.25) is 0 Å². The second-order valence-electron chi connectivity index (χ2n) is 4.11. The molecule has 4 heteroatoms. The van der Waals surface area contributed by atoms with Crippen LogP contribution in [0.25, 0.3) is 0 Å². The monoisotopic (exact) mass is 204 g/mol. The number of hydrogen-bond acceptors (Lipinski definition) is 3. The van der Waals surface area contributed by atoms with Crippen LogP contribution >= 0.6 is 0 Å². The molecule has 0 amide bonds. The zero-order chi connectivity index (χ0) is 10.8. The van der Waals surface area contributed by atoms with Crippen molar-refractivity contribution in [2.24, 2.45) is 5.73 Å². The van der Waals surface area contributed by atoms with Crippen molar-refractivity contribution in [1.29, 1.82) is 0 Å². The van der Waals surface area contributed by atoms with Crippen LogP contribution in [0, 0.1) is 0 Å². The van der Waals surface area contributed by atoms with Crippen LogP contribution in [0.1, 0.15) is 16.7 Å². The zero-order valence-electron chi connectivity index (χ0n) is 9.11. The molecule has 0 aliphatic carbocycles. The van der Waals surface area contributed by atoms with Crippen molar-refractivity contribution in [2.75, 3.05) is 6.54 Å². The number of nitrogens with zero attached hydrogens (tertiary/aromatic N) is 1. The van der Waals surface area contributed by atoms with Crippen LogP contribution < -0.4 is 5.73 Å². The minimum Gasteiger partial charge on any atom is -0.437 e. The maximum Gasteiger partial charge on any atom is 0.376 e. The maximum absolute atomic E-state index is 9.56. The predicted octanol–water partition coefficient (Wildman–Crippen LogP) is 0.614. The first-order chi connectivity index (χ1) is 7.22. The van der Waals surface area contributed by atoms with Gasteiger partial charge in [-0.05, 0) is 36.5 Å². The molecule has 0 spiro atoms. The molecule has 0 bridgehead atoms. The first-order valence-corrected chi connectivity index (χ1v) is 5.44. The lowest BCUT2D eigenvalue weighted by Crippen LogP contribution is -2.41. The standard InChI is InChI=1S/C11H17BN2O/c1-12(15)14-6-5-9-3-2-4-10(7-13)11(9)8-14/h2-4,15H,5-8,13H2,1H3. The van der Waals surface area contributed by atoms with Crippen LogP contribution in [-0.4, -0.2) is 23.4 Å². The summed E-state index contributed by atoms with van der Waals surface area (Å²) in [4.78, 5) is 2.07. The largest absolute Gasteiger partial charge is 0.437 e. The summed E-state index contributed by atoms with van der Waals surface area (Å²) < 4.78 is 0. The van der Waals surface area contributed by atoms with Crippen LogP contribution in [0.4, 0.5) is 0 Å². The molecular formula is C11H17BN2O. The third-order valence-electron chi connectivity index (χ3n) is 3.15. The Balaban J connectivity index is 2.30. The van der Waals surface area contributed by atoms with E-state index in [1.165, 1.54) is 16.7 Å². The van der Waals surface area contributed by atoms with Crippen LogP contribution in [0.5, 0.6) is 0 Å². The van der Waals surface area contributed by atoms with E-state index < -0.39 is 0 Å². The van der Waals surface area contributed by atoms with Crippen molar-refractivity contribution in [3.8, 4) is 0 Å². The Kier molecular flexibility index (Phi) is 3.10. The van der Waals surface area contributed by atoms with Gasteiger partial charge < -0.3 is 15.6 Å². The van der Waals surface area contributed by atoms with E-state index >= 15 is 0 Å². The van der Waals surface area contributed by atoms with Crippen molar-refractivity contribution in [2.45, 2.75) is 26.3 Å². The summed E-state index contributed by atoms with van der Waals surface area (Å²) >= 11 is 0. The minimum atomic E-state index is -0.371. The Hall–Kier alpha value is -0.835. The van der Waals surface area contributed by atoms with Gasteiger partial charge in [0.25, 0.3) is 0 Å². The Morgan fingerprint density at radius 1 is 1.53 bits per heavy atom. The summed E-state index contributed by atoms with van der Waals surface area (Å²) in [6.45, 7) is 4.14. The molecular weight excluding hydrogens is 187 g/mol. The Morgan fingerprint density at radius 3 is 3.00 bits per heavy atom. The highest BCUT2D eigenvalue weighted by molar-refractivity contribution is 6.45. The summed E-state index contributed by atoms with van der Waals surface area (Å²) in [5.74, 6) is 0. The first kappa shape index (κ1) is 10.7. The van der Waals surface area contributed by atoms with E-state index in [1.807, 2.05) is 6.82 Å². The summed E-state index contributed by atoms with van der Waals surface area (Å²) in [5.41, 5.74) is 9.62. The van der Waals surface area contributed by atoms with Crippen molar-refractivity contribution < 1.29 is 5.02 Å². The first-order valence-electron chi connectivity index (χ1n) is 5.44. The quantitative estimate of drug-likeness (QED) is 0.694. The van der Waals surface area contributed by atoms with Crippen LogP contribution in [0.15, 0.2) is 18.2 Å². The zero-order valence-corrected chi connectivity index (χ0v) is 9.11. The molecule has 1 aliphatic rings. The smallest absolute Gasteiger partial charge is 0.376 e. The van der Waals surface area contributed by atoms with E-state index in [-0.39, 0.29) is 7.05 Å². The van der Waals surface area contributed by atoms with Crippen LogP contribution in [0.2, 0.25) is 6.82 Å². The molecule has 15 heavy (non-hydrogen) atoms. The molecule has 1 aliphatic heterocycles. The molecule has 0 atom stereocenters. The minimum absolute atomic E-state index is 0.371. The highest BCUT2D eigenvalue weighted by Gasteiger charge is 2.23. The van der Waals surface area contributed by atoms with Gasteiger partial charge in [-0.15, -0.1) is 0 Å². The summed E-state index contributed by atoms with van der Waals surface area (Å²) in [5, 5.41) is 9.56. The van der Waals surface area contributed by atoms with Gasteiger partial charge in [-0.25, -0.2) is 0 Å². The van der Waals surface area contributed by atoms with E-state index in [1.54, 1.807) is 0 Å². The van der Waals surface area contributed by atoms with Crippen molar-refractivity contribution in [3.63, 3.8) is 0 Å². The second-order valence-corrected chi connectivity index (χ2v) is 4.11. The summed E-state index contributed by atoms with van der Waals surface area (Å²) in [6.07, 6.45) is 1.01. The topological polar surface area (TPSA) is 49.5 Å². The van der Waals surface area contributed by atoms with E-state index in [9.17, 15) is 5.02 Å². The van der Waals surface area contributed by atoms with Gasteiger partial charge in [0.15, 0.2) is 0 Å². The molecule has 2 rings (SSSR count). The highest BCUT2D eigenvalue weighted by Crippen LogP contribution is 2.22. The van der Waals surface area contributed by atoms with Crippen LogP contribution in [-0.2, 0) is 19.5 Å². The highest BCUT2D eigenvalue weighted by atomic mass is 16.2. The number of rotatable bonds is 2. The molecule has 0 fully saturated rings. The van der Waals surface area contributed by atoms with Crippen molar-refractivity contribution >= 4 is 7.05 Å². The molecule has 0 saturated carbocycles.